The highest BCUT2D eigenvalue weighted by molar-refractivity contribution is 5.77. The molecule has 0 saturated carbocycles. The average Bonchev–Trinajstić information content (AvgIpc) is 2.56. The molecule has 2 atom stereocenters. The van der Waals surface area contributed by atoms with Gasteiger partial charge < -0.3 is 15.8 Å². The van der Waals surface area contributed by atoms with Crippen LogP contribution in [0.15, 0.2) is 60.7 Å². The Morgan fingerprint density at radius 2 is 1.70 bits per heavy atom. The molecule has 0 heterocycles. The fraction of sp³-hybridized carbons (Fsp3) is 0.316. The van der Waals surface area contributed by atoms with Crippen LogP contribution in [0.3, 0.4) is 0 Å². The molecule has 122 valence electrons. The topological polar surface area (TPSA) is 64.3 Å². The van der Waals surface area contributed by atoms with Crippen molar-refractivity contribution in [2.45, 2.75) is 32.0 Å². The lowest BCUT2D eigenvalue weighted by Gasteiger charge is -2.17. The zero-order valence-electron chi connectivity index (χ0n) is 13.4. The van der Waals surface area contributed by atoms with Gasteiger partial charge in [-0.3, -0.25) is 4.79 Å². The summed E-state index contributed by atoms with van der Waals surface area (Å²) < 4.78 is 5.63. The number of rotatable bonds is 8. The maximum absolute atomic E-state index is 12.0. The summed E-state index contributed by atoms with van der Waals surface area (Å²) in [5.74, 6) is -0.0582. The lowest BCUT2D eigenvalue weighted by atomic mass is 10.0. The Hall–Kier alpha value is -2.17. The highest BCUT2D eigenvalue weighted by atomic mass is 16.5. The van der Waals surface area contributed by atoms with Crippen molar-refractivity contribution in [2.75, 3.05) is 6.61 Å². The van der Waals surface area contributed by atoms with E-state index < -0.39 is 0 Å². The molecule has 0 bridgehead atoms. The van der Waals surface area contributed by atoms with Gasteiger partial charge in [-0.2, -0.15) is 0 Å². The van der Waals surface area contributed by atoms with Crippen LogP contribution in [0.4, 0.5) is 0 Å². The number of amides is 1. The number of nitrogens with one attached hydrogen (secondary N) is 1. The maximum Gasteiger partial charge on any atom is 0.222 e. The van der Waals surface area contributed by atoms with E-state index in [0.717, 1.165) is 11.1 Å². The first-order chi connectivity index (χ1) is 11.1. The number of carbonyl (C=O) groups is 1. The molecule has 1 amide bonds. The molecule has 2 rings (SSSR count). The molecule has 3 N–H and O–H groups in total. The van der Waals surface area contributed by atoms with E-state index in [2.05, 4.69) is 5.32 Å². The van der Waals surface area contributed by atoms with Crippen molar-refractivity contribution in [2.24, 2.45) is 5.73 Å². The van der Waals surface area contributed by atoms with Crippen molar-refractivity contribution in [1.29, 1.82) is 0 Å². The van der Waals surface area contributed by atoms with Gasteiger partial charge >= 0.3 is 0 Å². The fourth-order valence-electron chi connectivity index (χ4n) is 2.32. The zero-order valence-corrected chi connectivity index (χ0v) is 13.4. The van der Waals surface area contributed by atoms with Gasteiger partial charge in [0.15, 0.2) is 0 Å². The zero-order chi connectivity index (χ0) is 16.5. The molecular weight excluding hydrogens is 288 g/mol. The van der Waals surface area contributed by atoms with Crippen molar-refractivity contribution in [3.63, 3.8) is 0 Å². The second kappa shape index (κ2) is 9.08. The van der Waals surface area contributed by atoms with Crippen LogP contribution in [0.2, 0.25) is 0 Å². The van der Waals surface area contributed by atoms with E-state index in [-0.39, 0.29) is 24.4 Å². The summed E-state index contributed by atoms with van der Waals surface area (Å²) >= 11 is 0. The van der Waals surface area contributed by atoms with E-state index in [9.17, 15) is 4.79 Å². The smallest absolute Gasteiger partial charge is 0.222 e. The number of ether oxygens (including phenoxy) is 1. The van der Waals surface area contributed by atoms with Gasteiger partial charge in [-0.25, -0.2) is 0 Å². The molecule has 0 spiro atoms. The molecule has 2 aromatic carbocycles. The second-order valence-corrected chi connectivity index (χ2v) is 5.69. The lowest BCUT2D eigenvalue weighted by Crippen LogP contribution is -2.37. The van der Waals surface area contributed by atoms with Gasteiger partial charge in [0.25, 0.3) is 0 Å². The quantitative estimate of drug-likeness (QED) is 0.788. The molecule has 4 heteroatoms. The molecule has 0 aliphatic rings. The Labute approximate surface area is 137 Å². The molecular formula is C19H24N2O2. The van der Waals surface area contributed by atoms with Gasteiger partial charge in [-0.1, -0.05) is 60.7 Å². The standard InChI is InChI=1S/C19H24N2O2/c1-15(13-23-14-16-8-4-2-5-9-16)21-19(22)12-18(20)17-10-6-3-7-11-17/h2-11,15,18H,12-14,20H2,1H3,(H,21,22). The van der Waals surface area contributed by atoms with Crippen LogP contribution in [-0.2, 0) is 16.1 Å². The van der Waals surface area contributed by atoms with Crippen LogP contribution < -0.4 is 11.1 Å². The van der Waals surface area contributed by atoms with Gasteiger partial charge in [-0.05, 0) is 18.1 Å². The summed E-state index contributed by atoms with van der Waals surface area (Å²) in [6, 6.07) is 19.3. The van der Waals surface area contributed by atoms with E-state index >= 15 is 0 Å². The highest BCUT2D eigenvalue weighted by Gasteiger charge is 2.13. The number of hydrogen-bond acceptors (Lipinski definition) is 3. The van der Waals surface area contributed by atoms with E-state index in [1.54, 1.807) is 0 Å². The summed E-state index contributed by atoms with van der Waals surface area (Å²) in [5, 5.41) is 2.92. The fourth-order valence-corrected chi connectivity index (χ4v) is 2.32. The van der Waals surface area contributed by atoms with Gasteiger partial charge in [0.2, 0.25) is 5.91 Å². The third kappa shape index (κ3) is 6.22. The normalized spacial score (nSPS) is 13.3. The minimum atomic E-state index is -0.284. The summed E-state index contributed by atoms with van der Waals surface area (Å²) in [7, 11) is 0. The Kier molecular flexibility index (Phi) is 6.78. The molecule has 0 aromatic heterocycles. The molecule has 0 aliphatic carbocycles. The maximum atomic E-state index is 12.0. The average molecular weight is 312 g/mol. The van der Waals surface area contributed by atoms with Gasteiger partial charge in [0, 0.05) is 18.5 Å². The van der Waals surface area contributed by atoms with E-state index in [0.29, 0.717) is 13.2 Å². The van der Waals surface area contributed by atoms with Gasteiger partial charge in [0.1, 0.15) is 0 Å². The first-order valence-corrected chi connectivity index (χ1v) is 7.86. The van der Waals surface area contributed by atoms with Gasteiger partial charge in [0.05, 0.1) is 13.2 Å². The molecule has 4 nitrogen and oxygen atoms in total. The Bertz CT molecular complexity index is 587. The molecule has 2 aromatic rings. The van der Waals surface area contributed by atoms with Crippen LogP contribution in [0, 0.1) is 0 Å². The number of nitrogens with two attached hydrogens (primary N) is 1. The van der Waals surface area contributed by atoms with Crippen LogP contribution >= 0.6 is 0 Å². The largest absolute Gasteiger partial charge is 0.375 e. The molecule has 0 saturated heterocycles. The van der Waals surface area contributed by atoms with Crippen molar-refractivity contribution >= 4 is 5.91 Å². The minimum Gasteiger partial charge on any atom is -0.375 e. The van der Waals surface area contributed by atoms with Crippen LogP contribution in [-0.4, -0.2) is 18.6 Å². The predicted molar refractivity (Wildman–Crippen MR) is 91.7 cm³/mol. The Balaban J connectivity index is 1.68. The molecule has 0 fully saturated rings. The Morgan fingerprint density at radius 1 is 1.09 bits per heavy atom. The second-order valence-electron chi connectivity index (χ2n) is 5.69. The van der Waals surface area contributed by atoms with Crippen LogP contribution in [0.1, 0.15) is 30.5 Å². The van der Waals surface area contributed by atoms with Crippen LogP contribution in [0.5, 0.6) is 0 Å². The van der Waals surface area contributed by atoms with E-state index in [4.69, 9.17) is 10.5 Å². The minimum absolute atomic E-state index is 0.0471. The lowest BCUT2D eigenvalue weighted by molar-refractivity contribution is -0.122. The van der Waals surface area contributed by atoms with Crippen molar-refractivity contribution in [3.05, 3.63) is 71.8 Å². The Morgan fingerprint density at radius 3 is 2.35 bits per heavy atom. The number of carbonyl (C=O) groups excluding carboxylic acids is 1. The van der Waals surface area contributed by atoms with Crippen molar-refractivity contribution in [3.8, 4) is 0 Å². The highest BCUT2D eigenvalue weighted by Crippen LogP contribution is 2.13. The van der Waals surface area contributed by atoms with E-state index in [1.807, 2.05) is 67.6 Å². The molecule has 0 radical (unpaired) electrons. The predicted octanol–water partition coefficient (Wildman–Crippen LogP) is 2.80. The SMILES string of the molecule is CC(COCc1ccccc1)NC(=O)CC(N)c1ccccc1. The summed E-state index contributed by atoms with van der Waals surface area (Å²) in [5.41, 5.74) is 8.15. The summed E-state index contributed by atoms with van der Waals surface area (Å²) in [6.07, 6.45) is 0.271. The third-order valence-electron chi connectivity index (χ3n) is 3.52. The summed E-state index contributed by atoms with van der Waals surface area (Å²) in [4.78, 5) is 12.0. The first-order valence-electron chi connectivity index (χ1n) is 7.86. The van der Waals surface area contributed by atoms with Gasteiger partial charge in [-0.15, -0.1) is 0 Å². The first kappa shape index (κ1) is 17.2. The van der Waals surface area contributed by atoms with E-state index in [1.165, 1.54) is 0 Å². The molecule has 0 aliphatic heterocycles. The molecule has 23 heavy (non-hydrogen) atoms. The van der Waals surface area contributed by atoms with Crippen molar-refractivity contribution in [1.82, 2.24) is 5.32 Å². The molecule has 2 unspecified atom stereocenters. The monoisotopic (exact) mass is 312 g/mol. The van der Waals surface area contributed by atoms with Crippen LogP contribution in [0.25, 0.3) is 0 Å². The third-order valence-corrected chi connectivity index (χ3v) is 3.52. The van der Waals surface area contributed by atoms with Crippen molar-refractivity contribution < 1.29 is 9.53 Å². The number of benzene rings is 2. The summed E-state index contributed by atoms with van der Waals surface area (Å²) in [6.45, 7) is 2.95. The number of hydrogen-bond donors (Lipinski definition) is 2.